The molecular weight excluding hydrogens is 404 g/mol. The summed E-state index contributed by atoms with van der Waals surface area (Å²) in [6.07, 6.45) is 6.26. The summed E-state index contributed by atoms with van der Waals surface area (Å²) < 4.78 is 29.2. The minimum Gasteiger partial charge on any atom is -0.451 e. The molecule has 1 fully saturated rings. The molecule has 7 nitrogen and oxygen atoms in total. The van der Waals surface area contributed by atoms with Gasteiger partial charge in [0.1, 0.15) is 5.56 Å². The largest absolute Gasteiger partial charge is 0.451 e. The van der Waals surface area contributed by atoms with Crippen LogP contribution in [0.3, 0.4) is 0 Å². The number of furan rings is 1. The van der Waals surface area contributed by atoms with Crippen molar-refractivity contribution >= 4 is 21.6 Å². The van der Waals surface area contributed by atoms with Crippen LogP contribution in [-0.2, 0) is 28.5 Å². The number of aliphatic hydroxyl groups is 1. The maximum atomic E-state index is 13.4. The lowest BCUT2D eigenvalue weighted by molar-refractivity contribution is 0.0754. The predicted molar refractivity (Wildman–Crippen MR) is 113 cm³/mol. The van der Waals surface area contributed by atoms with Crippen LogP contribution in [-0.4, -0.2) is 19.4 Å². The summed E-state index contributed by atoms with van der Waals surface area (Å²) in [6, 6.07) is 4.22. The third-order valence-electron chi connectivity index (χ3n) is 6.28. The summed E-state index contributed by atoms with van der Waals surface area (Å²) in [7, 11) is -4.29. The summed E-state index contributed by atoms with van der Waals surface area (Å²) >= 11 is 0. The number of hydrogen-bond acceptors (Lipinski definition) is 5. The van der Waals surface area contributed by atoms with Crippen molar-refractivity contribution in [2.75, 3.05) is 5.32 Å². The number of anilines is 1. The van der Waals surface area contributed by atoms with E-state index < -0.39 is 26.6 Å². The first kappa shape index (κ1) is 21.1. The van der Waals surface area contributed by atoms with Crippen molar-refractivity contribution in [3.63, 3.8) is 0 Å². The third-order valence-corrected chi connectivity index (χ3v) is 7.09. The normalized spacial score (nSPS) is 17.6. The van der Waals surface area contributed by atoms with Crippen LogP contribution >= 0.6 is 0 Å². The van der Waals surface area contributed by atoms with Gasteiger partial charge in [0.25, 0.3) is 15.9 Å². The lowest BCUT2D eigenvalue weighted by Gasteiger charge is -2.22. The van der Waals surface area contributed by atoms with Gasteiger partial charge in [-0.2, -0.15) is 0 Å². The van der Waals surface area contributed by atoms with Gasteiger partial charge in [0, 0.05) is 11.3 Å². The number of rotatable bonds is 6. The summed E-state index contributed by atoms with van der Waals surface area (Å²) in [5.74, 6) is 0.248. The molecule has 0 spiro atoms. The lowest BCUT2D eigenvalue weighted by atomic mass is 9.90. The van der Waals surface area contributed by atoms with E-state index in [2.05, 4.69) is 24.4 Å². The highest BCUT2D eigenvalue weighted by Crippen LogP contribution is 2.46. The number of fused-ring (bicyclic) bond motifs is 1. The molecule has 1 heterocycles. The van der Waals surface area contributed by atoms with Gasteiger partial charge >= 0.3 is 0 Å². The molecule has 4 rings (SSSR count). The van der Waals surface area contributed by atoms with E-state index in [0.29, 0.717) is 11.8 Å². The highest BCUT2D eigenvalue weighted by Gasteiger charge is 2.36. The fourth-order valence-electron chi connectivity index (χ4n) is 4.45. The van der Waals surface area contributed by atoms with Crippen molar-refractivity contribution < 1.29 is 22.7 Å². The first-order valence-corrected chi connectivity index (χ1v) is 11.9. The Hall–Kier alpha value is -2.16. The van der Waals surface area contributed by atoms with Crippen LogP contribution < -0.4 is 10.5 Å². The quantitative estimate of drug-likeness (QED) is 0.645. The average molecular weight is 433 g/mol. The van der Waals surface area contributed by atoms with Gasteiger partial charge in [0.15, 0.2) is 0 Å². The van der Waals surface area contributed by atoms with Gasteiger partial charge in [0.2, 0.25) is 5.09 Å². The van der Waals surface area contributed by atoms with Gasteiger partial charge in [-0.3, -0.25) is 4.79 Å². The molecule has 0 saturated heterocycles. The Morgan fingerprint density at radius 1 is 1.30 bits per heavy atom. The van der Waals surface area contributed by atoms with E-state index in [9.17, 15) is 18.3 Å². The van der Waals surface area contributed by atoms with Crippen molar-refractivity contribution in [3.05, 3.63) is 46.2 Å². The molecule has 0 bridgehead atoms. The SMILES string of the molecule is CC(c1ccc2c(c1NC(=O)c1c(C(C)(C)O)coc1S(N)(=O)=O)CCC2)C1CC1. The first-order valence-electron chi connectivity index (χ1n) is 10.3. The molecule has 2 aromatic rings. The molecule has 1 saturated carbocycles. The van der Waals surface area contributed by atoms with E-state index in [1.54, 1.807) is 0 Å². The number of aryl methyl sites for hydroxylation is 1. The van der Waals surface area contributed by atoms with Gasteiger partial charge in [-0.05, 0) is 74.5 Å². The van der Waals surface area contributed by atoms with Crippen molar-refractivity contribution in [2.24, 2.45) is 11.1 Å². The Morgan fingerprint density at radius 3 is 2.60 bits per heavy atom. The number of carbonyl (C=O) groups is 1. The molecule has 1 unspecified atom stereocenters. The molecule has 0 radical (unpaired) electrons. The van der Waals surface area contributed by atoms with Crippen molar-refractivity contribution in [1.29, 1.82) is 0 Å². The number of hydrogen-bond donors (Lipinski definition) is 3. The number of benzene rings is 1. The fraction of sp³-hybridized carbons (Fsp3) is 0.500. The molecule has 30 heavy (non-hydrogen) atoms. The van der Waals surface area contributed by atoms with Crippen LogP contribution in [0, 0.1) is 5.92 Å². The van der Waals surface area contributed by atoms with E-state index in [4.69, 9.17) is 9.56 Å². The van der Waals surface area contributed by atoms with Crippen LogP contribution in [0.25, 0.3) is 0 Å². The molecule has 0 aliphatic heterocycles. The van der Waals surface area contributed by atoms with Gasteiger partial charge in [-0.1, -0.05) is 19.1 Å². The van der Waals surface area contributed by atoms with Crippen molar-refractivity contribution in [1.82, 2.24) is 0 Å². The number of primary sulfonamides is 1. The number of nitrogens with one attached hydrogen (secondary N) is 1. The van der Waals surface area contributed by atoms with E-state index >= 15 is 0 Å². The van der Waals surface area contributed by atoms with Crippen molar-refractivity contribution in [3.8, 4) is 0 Å². The van der Waals surface area contributed by atoms with Crippen LogP contribution in [0.15, 0.2) is 27.9 Å². The monoisotopic (exact) mass is 432 g/mol. The second-order valence-electron chi connectivity index (χ2n) is 9.02. The van der Waals surface area contributed by atoms with E-state index in [1.807, 2.05) is 0 Å². The Morgan fingerprint density at radius 2 is 2.00 bits per heavy atom. The van der Waals surface area contributed by atoms with E-state index in [0.717, 1.165) is 42.3 Å². The smallest absolute Gasteiger partial charge is 0.272 e. The molecule has 4 N–H and O–H groups in total. The molecule has 8 heteroatoms. The van der Waals surface area contributed by atoms with E-state index in [-0.39, 0.29) is 11.1 Å². The standard InChI is InChI=1S/C22H28N2O5S/c1-12(13-7-8-13)15-10-9-14-5-4-6-16(14)19(15)24-20(25)18-17(22(2,3)26)11-29-21(18)30(23,27)28/h9-13,26H,4-8H2,1-3H3,(H,24,25)(H2,23,27,28). The molecule has 1 amide bonds. The summed E-state index contributed by atoms with van der Waals surface area (Å²) in [5, 5.41) is 18.1. The predicted octanol–water partition coefficient (Wildman–Crippen LogP) is 3.41. The second-order valence-corrected chi connectivity index (χ2v) is 10.5. The minimum atomic E-state index is -4.29. The zero-order valence-corrected chi connectivity index (χ0v) is 18.3. The van der Waals surface area contributed by atoms with Crippen LogP contribution in [0.1, 0.15) is 78.6 Å². The van der Waals surface area contributed by atoms with Gasteiger partial charge in [0.05, 0.1) is 11.9 Å². The molecule has 1 aromatic heterocycles. The molecule has 1 atom stereocenters. The maximum Gasteiger partial charge on any atom is 0.272 e. The summed E-state index contributed by atoms with van der Waals surface area (Å²) in [6.45, 7) is 5.09. The van der Waals surface area contributed by atoms with Crippen LogP contribution in [0.2, 0.25) is 0 Å². The zero-order valence-electron chi connectivity index (χ0n) is 17.5. The Bertz CT molecular complexity index is 1110. The minimum absolute atomic E-state index is 0.0772. The number of amides is 1. The third kappa shape index (κ3) is 3.79. The zero-order chi connectivity index (χ0) is 21.8. The van der Waals surface area contributed by atoms with Gasteiger partial charge < -0.3 is 14.8 Å². The number of sulfonamides is 1. The molecule has 2 aliphatic carbocycles. The average Bonchev–Trinajstić information content (AvgIpc) is 3.18. The molecule has 2 aliphatic rings. The van der Waals surface area contributed by atoms with Gasteiger partial charge in [-0.25, -0.2) is 13.6 Å². The molecule has 162 valence electrons. The Kier molecular flexibility index (Phi) is 5.07. The lowest BCUT2D eigenvalue weighted by Crippen LogP contribution is -2.25. The van der Waals surface area contributed by atoms with Crippen molar-refractivity contribution in [2.45, 2.75) is 69.5 Å². The van der Waals surface area contributed by atoms with Crippen LogP contribution in [0.5, 0.6) is 0 Å². The van der Waals surface area contributed by atoms with E-state index in [1.165, 1.54) is 32.3 Å². The molecule has 1 aromatic carbocycles. The summed E-state index contributed by atoms with van der Waals surface area (Å²) in [5.41, 5.74) is 2.49. The maximum absolute atomic E-state index is 13.4. The number of carbonyl (C=O) groups excluding carboxylic acids is 1. The Labute approximate surface area is 176 Å². The Balaban J connectivity index is 1.81. The summed E-state index contributed by atoms with van der Waals surface area (Å²) in [4.78, 5) is 13.4. The second kappa shape index (κ2) is 7.21. The first-order chi connectivity index (χ1) is 14.0. The highest BCUT2D eigenvalue weighted by atomic mass is 32.2. The highest BCUT2D eigenvalue weighted by molar-refractivity contribution is 7.89. The van der Waals surface area contributed by atoms with Gasteiger partial charge in [-0.15, -0.1) is 0 Å². The van der Waals surface area contributed by atoms with Crippen LogP contribution in [0.4, 0.5) is 5.69 Å². The number of nitrogens with two attached hydrogens (primary N) is 1. The molecular formula is C22H28N2O5S. The fourth-order valence-corrected chi connectivity index (χ4v) is 5.12. The topological polar surface area (TPSA) is 123 Å².